The Kier molecular flexibility index (Phi) is 8.36. The number of carbonyl (C=O) groups excluding carboxylic acids is 1. The fraction of sp³-hybridized carbons (Fsp3) is 0.389. The lowest BCUT2D eigenvalue weighted by Crippen LogP contribution is -2.24. The molecule has 0 fully saturated rings. The van der Waals surface area contributed by atoms with E-state index in [9.17, 15) is 4.79 Å². The van der Waals surface area contributed by atoms with Crippen molar-refractivity contribution in [2.75, 3.05) is 28.4 Å². The molecule has 0 spiro atoms. The van der Waals surface area contributed by atoms with Gasteiger partial charge in [-0.3, -0.25) is 0 Å². The summed E-state index contributed by atoms with van der Waals surface area (Å²) in [5.74, 6) is -0.115. The lowest BCUT2D eigenvalue weighted by Gasteiger charge is -2.21. The van der Waals surface area contributed by atoms with Crippen LogP contribution in [-0.4, -0.2) is 40.5 Å². The second-order valence-corrected chi connectivity index (χ2v) is 5.45. The van der Waals surface area contributed by atoms with E-state index in [4.69, 9.17) is 30.5 Å². The molecule has 1 aromatic rings. The van der Waals surface area contributed by atoms with Gasteiger partial charge < -0.3 is 18.9 Å². The van der Waals surface area contributed by atoms with Crippen LogP contribution in [0.25, 0.3) is 6.08 Å². The van der Waals surface area contributed by atoms with E-state index in [1.807, 2.05) is 31.2 Å². The summed E-state index contributed by atoms with van der Waals surface area (Å²) in [6.45, 7) is 1.86. The number of rotatable bonds is 8. The number of ether oxygens (including phenoxy) is 4. The van der Waals surface area contributed by atoms with Gasteiger partial charge in [-0.25, -0.2) is 4.79 Å². The zero-order valence-electron chi connectivity index (χ0n) is 14.5. The summed E-state index contributed by atoms with van der Waals surface area (Å²) in [6, 6.07) is 5.45. The van der Waals surface area contributed by atoms with Gasteiger partial charge in [0.05, 0.1) is 44.3 Å². The van der Waals surface area contributed by atoms with Crippen LogP contribution in [0, 0.1) is 5.92 Å². The van der Waals surface area contributed by atoms with E-state index >= 15 is 0 Å². The number of carbonyl (C=O) groups is 1. The van der Waals surface area contributed by atoms with E-state index in [2.05, 4.69) is 0 Å². The highest BCUT2D eigenvalue weighted by molar-refractivity contribution is 6.32. The van der Waals surface area contributed by atoms with Gasteiger partial charge in [0.15, 0.2) is 0 Å². The summed E-state index contributed by atoms with van der Waals surface area (Å²) in [7, 11) is 5.95. The van der Waals surface area contributed by atoms with Crippen molar-refractivity contribution in [3.05, 3.63) is 46.7 Å². The number of esters is 1. The van der Waals surface area contributed by atoms with E-state index < -0.39 is 5.97 Å². The van der Waals surface area contributed by atoms with E-state index in [1.54, 1.807) is 20.3 Å². The molecule has 132 valence electrons. The van der Waals surface area contributed by atoms with Crippen LogP contribution in [0.15, 0.2) is 36.1 Å². The molecule has 0 aliphatic heterocycles. The van der Waals surface area contributed by atoms with E-state index in [-0.39, 0.29) is 12.0 Å². The third-order valence-corrected chi connectivity index (χ3v) is 3.89. The SMILES string of the molecule is CO/C=C(/C(=O)OC)[C@H](C)[C@H](/C=C/c1ccc(Cl)c(OC)c1)OC. The van der Waals surface area contributed by atoms with Crippen molar-refractivity contribution in [2.24, 2.45) is 5.92 Å². The van der Waals surface area contributed by atoms with Gasteiger partial charge in [0, 0.05) is 13.0 Å². The highest BCUT2D eigenvalue weighted by Gasteiger charge is 2.25. The summed E-state index contributed by atoms with van der Waals surface area (Å²) in [4.78, 5) is 11.9. The third kappa shape index (κ3) is 5.28. The molecule has 0 heterocycles. The van der Waals surface area contributed by atoms with Crippen LogP contribution >= 0.6 is 11.6 Å². The van der Waals surface area contributed by atoms with Crippen molar-refractivity contribution < 1.29 is 23.7 Å². The lowest BCUT2D eigenvalue weighted by molar-refractivity contribution is -0.137. The maximum atomic E-state index is 11.9. The Bertz CT molecular complexity index is 609. The Balaban J connectivity index is 3.00. The average molecular weight is 355 g/mol. The van der Waals surface area contributed by atoms with Gasteiger partial charge in [0.25, 0.3) is 0 Å². The summed E-state index contributed by atoms with van der Waals surface area (Å²) < 4.78 is 20.5. The predicted octanol–water partition coefficient (Wildman–Crippen LogP) is 3.72. The van der Waals surface area contributed by atoms with Crippen LogP contribution in [0.2, 0.25) is 5.02 Å². The molecule has 0 N–H and O–H groups in total. The van der Waals surface area contributed by atoms with Crippen molar-refractivity contribution in [2.45, 2.75) is 13.0 Å². The summed E-state index contributed by atoms with van der Waals surface area (Å²) in [5, 5.41) is 0.544. The molecular weight excluding hydrogens is 332 g/mol. The maximum Gasteiger partial charge on any atom is 0.337 e. The van der Waals surface area contributed by atoms with Gasteiger partial charge in [-0.15, -0.1) is 0 Å². The van der Waals surface area contributed by atoms with Crippen molar-refractivity contribution in [1.82, 2.24) is 0 Å². The number of hydrogen-bond acceptors (Lipinski definition) is 5. The van der Waals surface area contributed by atoms with Gasteiger partial charge in [-0.1, -0.05) is 36.7 Å². The van der Waals surface area contributed by atoms with E-state index in [0.29, 0.717) is 16.3 Å². The average Bonchev–Trinajstić information content (AvgIpc) is 2.60. The Morgan fingerprint density at radius 3 is 2.46 bits per heavy atom. The molecule has 6 heteroatoms. The molecule has 0 saturated carbocycles. The molecule has 1 rings (SSSR count). The zero-order valence-corrected chi connectivity index (χ0v) is 15.3. The molecule has 0 aliphatic rings. The molecule has 0 saturated heterocycles. The predicted molar refractivity (Wildman–Crippen MR) is 94.1 cm³/mol. The smallest absolute Gasteiger partial charge is 0.337 e. The minimum atomic E-state index is -0.451. The minimum Gasteiger partial charge on any atom is -0.504 e. The number of methoxy groups -OCH3 is 4. The quantitative estimate of drug-likeness (QED) is 0.404. The number of benzene rings is 1. The molecule has 24 heavy (non-hydrogen) atoms. The first-order valence-corrected chi connectivity index (χ1v) is 7.72. The molecule has 0 amide bonds. The van der Waals surface area contributed by atoms with Gasteiger partial charge in [0.2, 0.25) is 0 Å². The first-order valence-electron chi connectivity index (χ1n) is 7.34. The van der Waals surface area contributed by atoms with Gasteiger partial charge in [-0.05, 0) is 17.7 Å². The zero-order chi connectivity index (χ0) is 18.1. The molecule has 0 bridgehead atoms. The van der Waals surface area contributed by atoms with Crippen molar-refractivity contribution >= 4 is 23.6 Å². The Hall–Kier alpha value is -1.98. The highest BCUT2D eigenvalue weighted by Crippen LogP contribution is 2.26. The van der Waals surface area contributed by atoms with Crippen LogP contribution in [0.1, 0.15) is 12.5 Å². The minimum absolute atomic E-state index is 0.257. The van der Waals surface area contributed by atoms with Crippen LogP contribution in [0.4, 0.5) is 0 Å². The molecule has 0 aromatic heterocycles. The van der Waals surface area contributed by atoms with E-state index in [0.717, 1.165) is 5.56 Å². The highest BCUT2D eigenvalue weighted by atomic mass is 35.5. The fourth-order valence-corrected chi connectivity index (χ4v) is 2.39. The lowest BCUT2D eigenvalue weighted by atomic mass is 9.95. The molecule has 1 aromatic carbocycles. The van der Waals surface area contributed by atoms with E-state index in [1.165, 1.54) is 20.5 Å². The Morgan fingerprint density at radius 2 is 1.92 bits per heavy atom. The van der Waals surface area contributed by atoms with Crippen LogP contribution in [0.5, 0.6) is 5.75 Å². The fourth-order valence-electron chi connectivity index (χ4n) is 2.20. The van der Waals surface area contributed by atoms with Gasteiger partial charge in [0.1, 0.15) is 5.75 Å². The molecule has 5 nitrogen and oxygen atoms in total. The molecule has 0 aliphatic carbocycles. The Labute approximate surface area is 147 Å². The maximum absolute atomic E-state index is 11.9. The number of hydrogen-bond donors (Lipinski definition) is 0. The Morgan fingerprint density at radius 1 is 1.21 bits per heavy atom. The van der Waals surface area contributed by atoms with Crippen molar-refractivity contribution in [1.29, 1.82) is 0 Å². The van der Waals surface area contributed by atoms with Crippen LogP contribution in [-0.2, 0) is 19.0 Å². The van der Waals surface area contributed by atoms with Crippen LogP contribution in [0.3, 0.4) is 0 Å². The second-order valence-electron chi connectivity index (χ2n) is 5.04. The second kappa shape index (κ2) is 10.0. The largest absolute Gasteiger partial charge is 0.504 e. The molecular formula is C18H23ClO5. The monoisotopic (exact) mass is 354 g/mol. The van der Waals surface area contributed by atoms with Gasteiger partial charge >= 0.3 is 5.97 Å². The molecule has 2 atom stereocenters. The topological polar surface area (TPSA) is 54.0 Å². The van der Waals surface area contributed by atoms with Crippen molar-refractivity contribution in [3.63, 3.8) is 0 Å². The summed E-state index contributed by atoms with van der Waals surface area (Å²) in [5.41, 5.74) is 1.30. The first-order chi connectivity index (χ1) is 11.5. The van der Waals surface area contributed by atoms with Crippen molar-refractivity contribution in [3.8, 4) is 5.75 Å². The molecule has 0 unspecified atom stereocenters. The first kappa shape index (κ1) is 20.1. The summed E-state index contributed by atoms with van der Waals surface area (Å²) >= 11 is 6.02. The van der Waals surface area contributed by atoms with Crippen LogP contribution < -0.4 is 4.74 Å². The molecule has 0 radical (unpaired) electrons. The normalized spacial score (nSPS) is 14.3. The number of halogens is 1. The van der Waals surface area contributed by atoms with Gasteiger partial charge in [-0.2, -0.15) is 0 Å². The third-order valence-electron chi connectivity index (χ3n) is 3.57. The summed E-state index contributed by atoms with van der Waals surface area (Å²) in [6.07, 6.45) is 4.78. The standard InChI is InChI=1S/C18H23ClO5/c1-12(14(11-21-2)18(20)24-5)16(22-3)9-7-13-6-8-15(19)17(10-13)23-4/h6-12,16H,1-5H3/b9-7+,14-11+/t12-,16-/m0/s1.